The predicted molar refractivity (Wildman–Crippen MR) is 104 cm³/mol. The Morgan fingerprint density at radius 1 is 1.00 bits per heavy atom. The van der Waals surface area contributed by atoms with Crippen LogP contribution in [0.3, 0.4) is 0 Å². The molecule has 2 N–H and O–H groups in total. The summed E-state index contributed by atoms with van der Waals surface area (Å²) in [7, 11) is 3.11. The van der Waals surface area contributed by atoms with Gasteiger partial charge in [-0.1, -0.05) is 17.7 Å². The second-order valence-electron chi connectivity index (χ2n) is 5.82. The van der Waals surface area contributed by atoms with Gasteiger partial charge in [0, 0.05) is 30.2 Å². The van der Waals surface area contributed by atoms with Gasteiger partial charge in [-0.2, -0.15) is 5.10 Å². The van der Waals surface area contributed by atoms with Crippen LogP contribution in [0.1, 0.15) is 24.0 Å². The molecule has 2 rings (SSSR count). The summed E-state index contributed by atoms with van der Waals surface area (Å²) in [5, 5.41) is 6.65. The van der Waals surface area contributed by atoms with Crippen molar-refractivity contribution in [2.45, 2.75) is 19.8 Å². The van der Waals surface area contributed by atoms with E-state index in [1.807, 2.05) is 31.2 Å². The highest BCUT2D eigenvalue weighted by Crippen LogP contribution is 2.22. The average molecular weight is 369 g/mol. The number of methoxy groups -OCH3 is 2. The third-order valence-electron chi connectivity index (χ3n) is 3.75. The van der Waals surface area contributed by atoms with Gasteiger partial charge in [0.05, 0.1) is 20.4 Å². The molecular weight excluding hydrogens is 346 g/mol. The number of anilines is 1. The first-order chi connectivity index (χ1) is 13.0. The van der Waals surface area contributed by atoms with Crippen molar-refractivity contribution in [2.24, 2.45) is 5.10 Å². The predicted octanol–water partition coefficient (Wildman–Crippen LogP) is 2.88. The summed E-state index contributed by atoms with van der Waals surface area (Å²) in [4.78, 5) is 23.7. The number of nitrogens with zero attached hydrogens (tertiary/aromatic N) is 1. The van der Waals surface area contributed by atoms with Crippen LogP contribution < -0.4 is 20.2 Å². The molecule has 7 nitrogen and oxygen atoms in total. The molecule has 0 unspecified atom stereocenters. The topological polar surface area (TPSA) is 89.0 Å². The number of hydrogen-bond donors (Lipinski definition) is 2. The standard InChI is InChI=1S/C20H23N3O4/c1-14-4-7-16(8-5-14)22-19(24)10-11-20(25)23-21-13-15-6-9-17(26-2)12-18(15)27-3/h4-9,12-13H,10-11H2,1-3H3,(H,22,24)(H,23,25)/b21-13+. The lowest BCUT2D eigenvalue weighted by Crippen LogP contribution is -2.20. The van der Waals surface area contributed by atoms with Gasteiger partial charge >= 0.3 is 0 Å². The number of rotatable bonds is 8. The highest BCUT2D eigenvalue weighted by molar-refractivity contribution is 5.93. The molecule has 0 bridgehead atoms. The van der Waals surface area contributed by atoms with E-state index >= 15 is 0 Å². The van der Waals surface area contributed by atoms with Gasteiger partial charge in [-0.25, -0.2) is 5.43 Å². The van der Waals surface area contributed by atoms with Crippen LogP contribution in [0, 0.1) is 6.92 Å². The van der Waals surface area contributed by atoms with Gasteiger partial charge in [0.2, 0.25) is 11.8 Å². The van der Waals surface area contributed by atoms with Gasteiger partial charge in [0.1, 0.15) is 11.5 Å². The highest BCUT2D eigenvalue weighted by atomic mass is 16.5. The molecule has 0 atom stereocenters. The third-order valence-corrected chi connectivity index (χ3v) is 3.75. The Morgan fingerprint density at radius 2 is 1.70 bits per heavy atom. The molecule has 0 aliphatic rings. The van der Waals surface area contributed by atoms with Crippen molar-refractivity contribution in [3.05, 3.63) is 53.6 Å². The van der Waals surface area contributed by atoms with E-state index in [4.69, 9.17) is 9.47 Å². The van der Waals surface area contributed by atoms with Gasteiger partial charge in [-0.05, 0) is 31.2 Å². The summed E-state index contributed by atoms with van der Waals surface area (Å²) < 4.78 is 10.4. The summed E-state index contributed by atoms with van der Waals surface area (Å²) in [5.41, 5.74) is 4.91. The molecule has 27 heavy (non-hydrogen) atoms. The van der Waals surface area contributed by atoms with E-state index in [2.05, 4.69) is 15.8 Å². The van der Waals surface area contributed by atoms with E-state index in [0.29, 0.717) is 22.7 Å². The van der Waals surface area contributed by atoms with Gasteiger partial charge in [-0.15, -0.1) is 0 Å². The molecule has 0 saturated heterocycles. The van der Waals surface area contributed by atoms with Crippen LogP contribution in [-0.4, -0.2) is 32.2 Å². The van der Waals surface area contributed by atoms with Crippen molar-refractivity contribution in [2.75, 3.05) is 19.5 Å². The van der Waals surface area contributed by atoms with Crippen molar-refractivity contribution in [1.82, 2.24) is 5.43 Å². The molecule has 0 fully saturated rings. The Labute approximate surface area is 158 Å². The number of ether oxygens (including phenoxy) is 2. The minimum absolute atomic E-state index is 0.0365. The summed E-state index contributed by atoms with van der Waals surface area (Å²) in [6, 6.07) is 12.7. The lowest BCUT2D eigenvalue weighted by Gasteiger charge is -2.07. The molecule has 0 aromatic heterocycles. The van der Waals surface area contributed by atoms with Gasteiger partial charge in [0.15, 0.2) is 0 Å². The Bertz CT molecular complexity index is 816. The fourth-order valence-electron chi connectivity index (χ4n) is 2.24. The molecule has 7 heteroatoms. The molecule has 2 aromatic rings. The zero-order valence-corrected chi connectivity index (χ0v) is 15.6. The lowest BCUT2D eigenvalue weighted by atomic mass is 10.2. The normalized spacial score (nSPS) is 10.5. The number of carbonyl (C=O) groups is 2. The second-order valence-corrected chi connectivity index (χ2v) is 5.82. The number of aryl methyl sites for hydroxylation is 1. The van der Waals surface area contributed by atoms with Crippen LogP contribution >= 0.6 is 0 Å². The minimum atomic E-state index is -0.349. The fraction of sp³-hybridized carbons (Fsp3) is 0.250. The van der Waals surface area contributed by atoms with Gasteiger partial charge < -0.3 is 14.8 Å². The zero-order chi connectivity index (χ0) is 19.6. The molecule has 0 spiro atoms. The Morgan fingerprint density at radius 3 is 2.37 bits per heavy atom. The number of hydrogen-bond acceptors (Lipinski definition) is 5. The largest absolute Gasteiger partial charge is 0.497 e. The third kappa shape index (κ3) is 6.47. The maximum absolute atomic E-state index is 11.9. The fourth-order valence-corrected chi connectivity index (χ4v) is 2.24. The minimum Gasteiger partial charge on any atom is -0.497 e. The van der Waals surface area contributed by atoms with Crippen molar-refractivity contribution in [1.29, 1.82) is 0 Å². The first-order valence-electron chi connectivity index (χ1n) is 8.42. The van der Waals surface area contributed by atoms with Crippen LogP contribution in [0.15, 0.2) is 47.6 Å². The molecular formula is C20H23N3O4. The van der Waals surface area contributed by atoms with E-state index in [-0.39, 0.29) is 24.7 Å². The van der Waals surface area contributed by atoms with Crippen LogP contribution in [0.25, 0.3) is 0 Å². The number of benzene rings is 2. The van der Waals surface area contributed by atoms with Crippen LogP contribution in [0.4, 0.5) is 5.69 Å². The number of hydrazone groups is 1. The highest BCUT2D eigenvalue weighted by Gasteiger charge is 2.07. The van der Waals surface area contributed by atoms with E-state index in [0.717, 1.165) is 5.56 Å². The van der Waals surface area contributed by atoms with Crippen molar-refractivity contribution in [3.63, 3.8) is 0 Å². The smallest absolute Gasteiger partial charge is 0.240 e. The zero-order valence-electron chi connectivity index (χ0n) is 15.6. The summed E-state index contributed by atoms with van der Waals surface area (Å²) in [6.07, 6.45) is 1.58. The van der Waals surface area contributed by atoms with E-state index < -0.39 is 0 Å². The lowest BCUT2D eigenvalue weighted by molar-refractivity contribution is -0.124. The number of amides is 2. The molecule has 0 aliphatic carbocycles. The summed E-state index contributed by atoms with van der Waals surface area (Å²) in [6.45, 7) is 1.97. The van der Waals surface area contributed by atoms with Gasteiger partial charge in [-0.3, -0.25) is 9.59 Å². The maximum atomic E-state index is 11.9. The van der Waals surface area contributed by atoms with Crippen molar-refractivity contribution in [3.8, 4) is 11.5 Å². The molecule has 0 saturated carbocycles. The van der Waals surface area contributed by atoms with E-state index in [9.17, 15) is 9.59 Å². The molecule has 142 valence electrons. The average Bonchev–Trinajstić information content (AvgIpc) is 2.68. The Balaban J connectivity index is 1.79. The second kappa shape index (κ2) is 9.96. The van der Waals surface area contributed by atoms with Crippen LogP contribution in [-0.2, 0) is 9.59 Å². The molecule has 2 amide bonds. The molecule has 0 heterocycles. The number of nitrogens with one attached hydrogen (secondary N) is 2. The van der Waals surface area contributed by atoms with Gasteiger partial charge in [0.25, 0.3) is 0 Å². The SMILES string of the molecule is COc1ccc(/C=N/NC(=O)CCC(=O)Nc2ccc(C)cc2)c(OC)c1. The van der Waals surface area contributed by atoms with Crippen molar-refractivity contribution >= 4 is 23.7 Å². The first kappa shape index (κ1) is 20.0. The molecule has 0 radical (unpaired) electrons. The van der Waals surface area contributed by atoms with Crippen LogP contribution in [0.5, 0.6) is 11.5 Å². The van der Waals surface area contributed by atoms with Crippen molar-refractivity contribution < 1.29 is 19.1 Å². The quantitative estimate of drug-likeness (QED) is 0.553. The first-order valence-corrected chi connectivity index (χ1v) is 8.42. The Hall–Kier alpha value is -3.35. The maximum Gasteiger partial charge on any atom is 0.240 e. The Kier molecular flexibility index (Phi) is 7.37. The molecule has 2 aromatic carbocycles. The van der Waals surface area contributed by atoms with Crippen LogP contribution in [0.2, 0.25) is 0 Å². The molecule has 0 aliphatic heterocycles. The summed E-state index contributed by atoms with van der Waals surface area (Å²) >= 11 is 0. The van der Waals surface area contributed by atoms with E-state index in [1.165, 1.54) is 13.3 Å². The van der Waals surface area contributed by atoms with E-state index in [1.54, 1.807) is 25.3 Å². The number of carbonyl (C=O) groups excluding carboxylic acids is 2. The monoisotopic (exact) mass is 369 g/mol. The summed E-state index contributed by atoms with van der Waals surface area (Å²) in [5.74, 6) is 0.657.